The highest BCUT2D eigenvalue weighted by molar-refractivity contribution is 7.13. The molecule has 136 valence electrons. The Morgan fingerprint density at radius 1 is 1.27 bits per heavy atom. The van der Waals surface area contributed by atoms with Crippen LogP contribution in [0.2, 0.25) is 0 Å². The van der Waals surface area contributed by atoms with Crippen LogP contribution in [0.1, 0.15) is 57.0 Å². The molecule has 1 atom stereocenters. The molecule has 0 saturated heterocycles. The maximum atomic E-state index is 12.4. The van der Waals surface area contributed by atoms with E-state index < -0.39 is 5.97 Å². The highest BCUT2D eigenvalue weighted by atomic mass is 32.1. The van der Waals surface area contributed by atoms with E-state index in [0.29, 0.717) is 16.3 Å². The molecule has 0 radical (unpaired) electrons. The predicted molar refractivity (Wildman–Crippen MR) is 101 cm³/mol. The summed E-state index contributed by atoms with van der Waals surface area (Å²) in [4.78, 5) is 28.0. The van der Waals surface area contributed by atoms with Crippen LogP contribution >= 0.6 is 11.3 Å². The average molecular weight is 372 g/mol. The second kappa shape index (κ2) is 7.25. The van der Waals surface area contributed by atoms with E-state index in [0.717, 1.165) is 35.7 Å². The molecule has 0 spiro atoms. The zero-order valence-corrected chi connectivity index (χ0v) is 15.6. The van der Waals surface area contributed by atoms with Crippen LogP contribution in [0.4, 0.5) is 5.69 Å². The number of carboxylic acids is 1. The Morgan fingerprint density at radius 2 is 1.96 bits per heavy atom. The number of carbonyl (C=O) groups excluding carboxylic acids is 1. The molecule has 7 nitrogen and oxygen atoms in total. The first kappa shape index (κ1) is 18.1. The Morgan fingerprint density at radius 3 is 2.50 bits per heavy atom. The largest absolute Gasteiger partial charge is 0.477 e. The van der Waals surface area contributed by atoms with Gasteiger partial charge < -0.3 is 10.4 Å². The molecular formula is C18H20N4O3S. The van der Waals surface area contributed by atoms with Crippen LogP contribution in [0.25, 0.3) is 0 Å². The number of nitrogens with zero attached hydrogens (tertiary/aromatic N) is 3. The van der Waals surface area contributed by atoms with Gasteiger partial charge in [0.2, 0.25) is 0 Å². The number of rotatable bonds is 5. The van der Waals surface area contributed by atoms with Crippen LogP contribution in [0, 0.1) is 6.92 Å². The molecule has 2 aromatic rings. The van der Waals surface area contributed by atoms with E-state index in [2.05, 4.69) is 15.4 Å². The van der Waals surface area contributed by atoms with Gasteiger partial charge in [-0.05, 0) is 45.0 Å². The number of hydrogen-bond acceptors (Lipinski definition) is 6. The normalized spacial score (nSPS) is 14.9. The molecule has 3 rings (SSSR count). The SMILES string of the molecule is CC1=NN(c2ccc(C(=O)NC(C)c3nc(C)c(C(=O)O)s3)cc2)CC1. The number of nitrogens with one attached hydrogen (secondary N) is 1. The molecule has 1 amide bonds. The van der Waals surface area contributed by atoms with E-state index in [1.54, 1.807) is 26.0 Å². The summed E-state index contributed by atoms with van der Waals surface area (Å²) < 4.78 is 0. The number of aryl methyl sites for hydroxylation is 1. The van der Waals surface area contributed by atoms with Crippen LogP contribution in [-0.4, -0.2) is 34.2 Å². The molecule has 26 heavy (non-hydrogen) atoms. The van der Waals surface area contributed by atoms with Gasteiger partial charge in [0.15, 0.2) is 0 Å². The summed E-state index contributed by atoms with van der Waals surface area (Å²) >= 11 is 1.09. The van der Waals surface area contributed by atoms with E-state index in [-0.39, 0.29) is 16.8 Å². The second-order valence-electron chi connectivity index (χ2n) is 6.22. The van der Waals surface area contributed by atoms with E-state index >= 15 is 0 Å². The fourth-order valence-corrected chi connectivity index (χ4v) is 3.60. The average Bonchev–Trinajstić information content (AvgIpc) is 3.21. The molecule has 0 fully saturated rings. The van der Waals surface area contributed by atoms with Gasteiger partial charge >= 0.3 is 5.97 Å². The number of carboxylic acid groups (broad SMARTS) is 1. The van der Waals surface area contributed by atoms with Gasteiger partial charge in [-0.15, -0.1) is 11.3 Å². The van der Waals surface area contributed by atoms with Crippen molar-refractivity contribution in [3.63, 3.8) is 0 Å². The summed E-state index contributed by atoms with van der Waals surface area (Å²) in [6.45, 7) is 6.29. The summed E-state index contributed by atoms with van der Waals surface area (Å²) in [6.07, 6.45) is 0.950. The van der Waals surface area contributed by atoms with Gasteiger partial charge in [0.05, 0.1) is 17.4 Å². The molecule has 1 unspecified atom stereocenters. The van der Waals surface area contributed by atoms with Crippen molar-refractivity contribution in [3.05, 3.63) is 45.4 Å². The van der Waals surface area contributed by atoms with Crippen molar-refractivity contribution in [2.24, 2.45) is 5.10 Å². The summed E-state index contributed by atoms with van der Waals surface area (Å²) in [6, 6.07) is 6.90. The number of thiazole rings is 1. The molecule has 8 heteroatoms. The van der Waals surface area contributed by atoms with E-state index in [9.17, 15) is 9.59 Å². The molecule has 1 aromatic heterocycles. The molecular weight excluding hydrogens is 352 g/mol. The van der Waals surface area contributed by atoms with Gasteiger partial charge in [0.1, 0.15) is 9.88 Å². The Hall–Kier alpha value is -2.74. The fraction of sp³-hybridized carbons (Fsp3) is 0.333. The summed E-state index contributed by atoms with van der Waals surface area (Å²) in [5.41, 5.74) is 3.05. The number of anilines is 1. The zero-order chi connectivity index (χ0) is 18.8. The number of amides is 1. The lowest BCUT2D eigenvalue weighted by molar-refractivity contribution is 0.0701. The Kier molecular flexibility index (Phi) is 5.03. The molecule has 1 aromatic carbocycles. The first-order valence-corrected chi connectivity index (χ1v) is 9.10. The third-order valence-electron chi connectivity index (χ3n) is 4.13. The molecule has 2 N–H and O–H groups in total. The molecule has 0 saturated carbocycles. The van der Waals surface area contributed by atoms with Gasteiger partial charge in [-0.3, -0.25) is 9.80 Å². The standard InChI is InChI=1S/C18H20N4O3S/c1-10-8-9-22(21-10)14-6-4-13(5-7-14)16(23)19-12(3)17-20-11(2)15(26-17)18(24)25/h4-7,12H,8-9H2,1-3H3,(H,19,23)(H,24,25). The first-order chi connectivity index (χ1) is 12.3. The maximum absolute atomic E-state index is 12.4. The van der Waals surface area contributed by atoms with E-state index in [1.165, 1.54) is 0 Å². The third-order valence-corrected chi connectivity index (χ3v) is 5.46. The van der Waals surface area contributed by atoms with Crippen molar-refractivity contribution in [1.29, 1.82) is 0 Å². The summed E-state index contributed by atoms with van der Waals surface area (Å²) in [5, 5.41) is 18.9. The molecule has 1 aliphatic heterocycles. The second-order valence-corrected chi connectivity index (χ2v) is 7.25. The highest BCUT2D eigenvalue weighted by Crippen LogP contribution is 2.24. The topological polar surface area (TPSA) is 94.9 Å². The molecule has 1 aliphatic rings. The third kappa shape index (κ3) is 3.75. The number of hydrazone groups is 1. The van der Waals surface area contributed by atoms with Crippen LogP contribution in [0.15, 0.2) is 29.4 Å². The van der Waals surface area contributed by atoms with Crippen molar-refractivity contribution in [2.45, 2.75) is 33.2 Å². The summed E-state index contributed by atoms with van der Waals surface area (Å²) in [7, 11) is 0. The molecule has 0 bridgehead atoms. The lowest BCUT2D eigenvalue weighted by Crippen LogP contribution is -2.26. The van der Waals surface area contributed by atoms with Crippen molar-refractivity contribution in [1.82, 2.24) is 10.3 Å². The minimum atomic E-state index is -1.000. The van der Waals surface area contributed by atoms with Gasteiger partial charge in [-0.1, -0.05) is 0 Å². The van der Waals surface area contributed by atoms with E-state index in [1.807, 2.05) is 24.1 Å². The number of benzene rings is 1. The lowest BCUT2D eigenvalue weighted by atomic mass is 10.1. The fourth-order valence-electron chi connectivity index (χ4n) is 2.69. The maximum Gasteiger partial charge on any atom is 0.347 e. The minimum absolute atomic E-state index is 0.201. The monoisotopic (exact) mass is 372 g/mol. The van der Waals surface area contributed by atoms with Crippen molar-refractivity contribution in [2.75, 3.05) is 11.6 Å². The number of aromatic nitrogens is 1. The van der Waals surface area contributed by atoms with Crippen molar-refractivity contribution in [3.8, 4) is 0 Å². The van der Waals surface area contributed by atoms with Crippen molar-refractivity contribution >= 4 is 34.6 Å². The van der Waals surface area contributed by atoms with Gasteiger partial charge in [-0.25, -0.2) is 9.78 Å². The van der Waals surface area contributed by atoms with Crippen LogP contribution < -0.4 is 10.3 Å². The van der Waals surface area contributed by atoms with Crippen molar-refractivity contribution < 1.29 is 14.7 Å². The van der Waals surface area contributed by atoms with Crippen LogP contribution in [0.3, 0.4) is 0 Å². The zero-order valence-electron chi connectivity index (χ0n) is 14.8. The number of carbonyl (C=O) groups is 2. The van der Waals surface area contributed by atoms with Gasteiger partial charge in [0, 0.05) is 24.2 Å². The number of aromatic carboxylic acids is 1. The first-order valence-electron chi connectivity index (χ1n) is 8.28. The quantitative estimate of drug-likeness (QED) is 0.840. The Labute approximate surface area is 155 Å². The highest BCUT2D eigenvalue weighted by Gasteiger charge is 2.20. The lowest BCUT2D eigenvalue weighted by Gasteiger charge is -2.15. The van der Waals surface area contributed by atoms with Gasteiger partial charge in [-0.2, -0.15) is 5.10 Å². The van der Waals surface area contributed by atoms with Crippen LogP contribution in [-0.2, 0) is 0 Å². The smallest absolute Gasteiger partial charge is 0.347 e. The molecule has 2 heterocycles. The number of hydrogen-bond donors (Lipinski definition) is 2. The van der Waals surface area contributed by atoms with E-state index in [4.69, 9.17) is 5.11 Å². The Balaban J connectivity index is 1.67. The minimum Gasteiger partial charge on any atom is -0.477 e. The Bertz CT molecular complexity index is 873. The van der Waals surface area contributed by atoms with Crippen LogP contribution in [0.5, 0.6) is 0 Å². The van der Waals surface area contributed by atoms with Gasteiger partial charge in [0.25, 0.3) is 5.91 Å². The summed E-state index contributed by atoms with van der Waals surface area (Å²) in [5.74, 6) is -1.23. The predicted octanol–water partition coefficient (Wildman–Crippen LogP) is 3.23. The molecule has 0 aliphatic carbocycles.